The molecule has 1 atom stereocenters. The maximum Gasteiger partial charge on any atom is 0.266 e. The summed E-state index contributed by atoms with van der Waals surface area (Å²) in [6, 6.07) is 13.3. The summed E-state index contributed by atoms with van der Waals surface area (Å²) in [4.78, 5) is 41.1. The molecule has 8 heteroatoms. The molecule has 0 saturated carbocycles. The Labute approximate surface area is 196 Å². The largest absolute Gasteiger partial charge is 0.340 e. The molecule has 32 heavy (non-hydrogen) atoms. The Hall–Kier alpha value is -3.15. The van der Waals surface area contributed by atoms with Crippen LogP contribution in [0.2, 0.25) is 0 Å². The van der Waals surface area contributed by atoms with Crippen LogP contribution in [0.15, 0.2) is 48.5 Å². The monoisotopic (exact) mass is 499 g/mol. The highest BCUT2D eigenvalue weighted by Gasteiger charge is 2.24. The molecule has 3 N–H and O–H groups in total. The van der Waals surface area contributed by atoms with E-state index in [1.54, 1.807) is 43.3 Å². The number of halogens is 1. The molecule has 0 bridgehead atoms. The van der Waals surface area contributed by atoms with Crippen molar-refractivity contribution < 1.29 is 19.2 Å². The average molecular weight is 500 g/mol. The van der Waals surface area contributed by atoms with Gasteiger partial charge in [0.05, 0.1) is 11.9 Å². The molecule has 0 saturated heterocycles. The maximum atomic E-state index is 12.6. The summed E-state index contributed by atoms with van der Waals surface area (Å²) < 4.78 is 0. The first-order chi connectivity index (χ1) is 15.3. The number of carbonyl (C=O) groups is 3. The minimum absolute atomic E-state index is 0.108. The van der Waals surface area contributed by atoms with Crippen molar-refractivity contribution in [1.82, 2.24) is 10.8 Å². The molecule has 0 spiro atoms. The lowest BCUT2D eigenvalue weighted by Crippen LogP contribution is -2.49. The van der Waals surface area contributed by atoms with Crippen molar-refractivity contribution in [3.63, 3.8) is 0 Å². The van der Waals surface area contributed by atoms with Crippen molar-refractivity contribution in [2.24, 2.45) is 5.92 Å². The predicted molar refractivity (Wildman–Crippen MR) is 127 cm³/mol. The van der Waals surface area contributed by atoms with Gasteiger partial charge in [-0.1, -0.05) is 41.6 Å². The summed E-state index contributed by atoms with van der Waals surface area (Å²) in [6.45, 7) is 5.79. The lowest BCUT2D eigenvalue weighted by atomic mass is 10.0. The highest BCUT2D eigenvalue weighted by Crippen LogP contribution is 2.10. The molecule has 0 fully saturated rings. The summed E-state index contributed by atoms with van der Waals surface area (Å²) in [5.74, 6) is 5.11. The Morgan fingerprint density at radius 2 is 1.53 bits per heavy atom. The van der Waals surface area contributed by atoms with Gasteiger partial charge in [-0.05, 0) is 61.4 Å². The zero-order chi connectivity index (χ0) is 23.5. The lowest BCUT2D eigenvalue weighted by molar-refractivity contribution is -0.136. The number of hydrogen-bond donors (Lipinski definition) is 3. The van der Waals surface area contributed by atoms with Crippen molar-refractivity contribution in [3.05, 3.63) is 65.2 Å². The van der Waals surface area contributed by atoms with Crippen LogP contribution in [0.5, 0.6) is 0 Å². The van der Waals surface area contributed by atoms with E-state index in [0.717, 1.165) is 11.1 Å². The highest BCUT2D eigenvalue weighted by molar-refractivity contribution is 9.09. The number of carbonyl (C=O) groups excluding carboxylic acids is 3. The summed E-state index contributed by atoms with van der Waals surface area (Å²) in [5, 5.41) is 5.72. The van der Waals surface area contributed by atoms with Crippen LogP contribution in [0.1, 0.15) is 42.3 Å². The minimum atomic E-state index is -0.712. The third-order valence-electron chi connectivity index (χ3n) is 4.34. The molecule has 2 rings (SSSR count). The van der Waals surface area contributed by atoms with Gasteiger partial charge in [-0.2, -0.15) is 0 Å². The van der Waals surface area contributed by atoms with Gasteiger partial charge in [-0.15, -0.1) is 0 Å². The fourth-order valence-electron chi connectivity index (χ4n) is 2.65. The van der Waals surface area contributed by atoms with Gasteiger partial charge in [0.2, 0.25) is 5.91 Å². The molecular weight excluding hydrogens is 474 g/mol. The molecule has 2 aromatic carbocycles. The Balaban J connectivity index is 2.01. The molecule has 0 aliphatic rings. The third kappa shape index (κ3) is 7.84. The lowest BCUT2D eigenvalue weighted by Gasteiger charge is -2.21. The van der Waals surface area contributed by atoms with E-state index in [-0.39, 0.29) is 23.1 Å². The number of nitrogens with one attached hydrogen (secondary N) is 3. The SMILES string of the molecule is CCONC(=O)[C@@H](NC(=O)c1ccc(C#Cc2ccc(NC(=O)CBr)cc2)cc1)C(C)C. The van der Waals surface area contributed by atoms with Crippen molar-refractivity contribution in [2.75, 3.05) is 17.3 Å². The Kier molecular flexibility index (Phi) is 9.92. The first-order valence-corrected chi connectivity index (χ1v) is 11.3. The Morgan fingerprint density at radius 3 is 2.03 bits per heavy atom. The van der Waals surface area contributed by atoms with Crippen LogP contribution in [0, 0.1) is 17.8 Å². The fourth-order valence-corrected chi connectivity index (χ4v) is 2.79. The van der Waals surface area contributed by atoms with E-state index in [0.29, 0.717) is 17.9 Å². The second kappa shape index (κ2) is 12.6. The molecule has 0 radical (unpaired) electrons. The number of anilines is 1. The number of hydroxylamine groups is 1. The van der Waals surface area contributed by atoms with Crippen molar-refractivity contribution in [2.45, 2.75) is 26.8 Å². The van der Waals surface area contributed by atoms with E-state index >= 15 is 0 Å². The van der Waals surface area contributed by atoms with Crippen LogP contribution < -0.4 is 16.1 Å². The van der Waals surface area contributed by atoms with Crippen molar-refractivity contribution in [1.29, 1.82) is 0 Å². The van der Waals surface area contributed by atoms with Gasteiger partial charge in [0.25, 0.3) is 11.8 Å². The van der Waals surface area contributed by atoms with Crippen molar-refractivity contribution >= 4 is 39.3 Å². The molecule has 0 unspecified atom stereocenters. The standard InChI is InChI=1S/C24H26BrN3O4/c1-4-32-28-24(31)22(16(2)3)27-23(30)19-11-7-17(8-12-19)5-6-18-9-13-20(14-10-18)26-21(29)15-25/h7-14,16,22H,4,15H2,1-3H3,(H,26,29)(H,27,30)(H,28,31)/t22-/m0/s1. The topological polar surface area (TPSA) is 96.5 Å². The van der Waals surface area contributed by atoms with Crippen LogP contribution in [0.3, 0.4) is 0 Å². The van der Waals surface area contributed by atoms with Crippen LogP contribution in [0.25, 0.3) is 0 Å². The average Bonchev–Trinajstić information content (AvgIpc) is 2.80. The fraction of sp³-hybridized carbons (Fsp3) is 0.292. The van der Waals surface area contributed by atoms with E-state index < -0.39 is 11.9 Å². The summed E-state index contributed by atoms with van der Waals surface area (Å²) in [7, 11) is 0. The molecule has 0 aromatic heterocycles. The quantitative estimate of drug-likeness (QED) is 0.295. The van der Waals surface area contributed by atoms with Gasteiger partial charge in [-0.3, -0.25) is 19.2 Å². The molecule has 7 nitrogen and oxygen atoms in total. The van der Waals surface area contributed by atoms with Crippen LogP contribution in [-0.2, 0) is 14.4 Å². The number of amides is 3. The van der Waals surface area contributed by atoms with Gasteiger partial charge in [-0.25, -0.2) is 5.48 Å². The minimum Gasteiger partial charge on any atom is -0.340 e. The molecule has 2 aromatic rings. The number of rotatable bonds is 8. The van der Waals surface area contributed by atoms with E-state index in [4.69, 9.17) is 4.84 Å². The number of alkyl halides is 1. The number of benzene rings is 2. The second-order valence-electron chi connectivity index (χ2n) is 7.18. The van der Waals surface area contributed by atoms with Crippen LogP contribution in [0.4, 0.5) is 5.69 Å². The molecule has 3 amide bonds. The molecule has 0 aliphatic heterocycles. The predicted octanol–water partition coefficient (Wildman–Crippen LogP) is 3.24. The van der Waals surface area contributed by atoms with Gasteiger partial charge < -0.3 is 10.6 Å². The van der Waals surface area contributed by atoms with E-state index in [1.807, 2.05) is 26.0 Å². The van der Waals surface area contributed by atoms with Gasteiger partial charge in [0.15, 0.2) is 0 Å². The smallest absolute Gasteiger partial charge is 0.266 e. The third-order valence-corrected chi connectivity index (χ3v) is 4.85. The van der Waals surface area contributed by atoms with Gasteiger partial charge >= 0.3 is 0 Å². The Bertz CT molecular complexity index is 993. The first kappa shape index (κ1) is 25.1. The molecule has 168 valence electrons. The van der Waals surface area contributed by atoms with E-state index in [2.05, 4.69) is 43.9 Å². The van der Waals surface area contributed by atoms with Gasteiger partial charge in [0.1, 0.15) is 6.04 Å². The summed E-state index contributed by atoms with van der Waals surface area (Å²) in [5.41, 5.74) is 5.00. The zero-order valence-electron chi connectivity index (χ0n) is 18.2. The number of hydrogen-bond acceptors (Lipinski definition) is 4. The molecule has 0 heterocycles. The van der Waals surface area contributed by atoms with Gasteiger partial charge in [0, 0.05) is 22.4 Å². The second-order valence-corrected chi connectivity index (χ2v) is 7.74. The first-order valence-electron chi connectivity index (χ1n) is 10.1. The molecular formula is C24H26BrN3O4. The molecule has 0 aliphatic carbocycles. The Morgan fingerprint density at radius 1 is 0.969 bits per heavy atom. The zero-order valence-corrected chi connectivity index (χ0v) is 19.8. The van der Waals surface area contributed by atoms with Crippen LogP contribution >= 0.6 is 15.9 Å². The highest BCUT2D eigenvalue weighted by atomic mass is 79.9. The maximum absolute atomic E-state index is 12.6. The summed E-state index contributed by atoms with van der Waals surface area (Å²) >= 11 is 3.10. The normalized spacial score (nSPS) is 11.2. The summed E-state index contributed by atoms with van der Waals surface area (Å²) in [6.07, 6.45) is 0. The van der Waals surface area contributed by atoms with Crippen LogP contribution in [-0.4, -0.2) is 35.7 Å². The van der Waals surface area contributed by atoms with E-state index in [1.165, 1.54) is 0 Å². The van der Waals surface area contributed by atoms with Crippen molar-refractivity contribution in [3.8, 4) is 11.8 Å². The van der Waals surface area contributed by atoms with E-state index in [9.17, 15) is 14.4 Å².